The molecule has 0 N–H and O–H groups in total. The van der Waals surface area contributed by atoms with Crippen molar-refractivity contribution in [3.63, 3.8) is 0 Å². The standard InChI is InChI=1S/C40H53N3O6/c1-26-12-10-13-31(33-14-11-15-35(41-33)43-23-20-32(34(24-43)46-9)37(44)48-39(3,4)5)36(26)47-25-29-17-16-28-18-21-42(22-19-30(28)27(29)2)38(45)49-40(6,7)8/h10-17,32,34H,18-25H2,1-9H3/t32-,34-/m1/s1. The molecule has 2 aliphatic heterocycles. The molecule has 9 heteroatoms. The van der Waals surface area contributed by atoms with Gasteiger partial charge >= 0.3 is 12.1 Å². The van der Waals surface area contributed by atoms with Crippen molar-refractivity contribution in [3.8, 4) is 17.0 Å². The number of pyridine rings is 1. The third kappa shape index (κ3) is 8.93. The summed E-state index contributed by atoms with van der Waals surface area (Å²) in [5.41, 5.74) is 6.61. The largest absolute Gasteiger partial charge is 0.488 e. The van der Waals surface area contributed by atoms with Gasteiger partial charge in [-0.05, 0) is 121 Å². The number of anilines is 1. The Morgan fingerprint density at radius 1 is 0.878 bits per heavy atom. The summed E-state index contributed by atoms with van der Waals surface area (Å²) in [6, 6.07) is 16.5. The number of carbonyl (C=O) groups excluding carboxylic acids is 2. The molecular weight excluding hydrogens is 618 g/mol. The van der Waals surface area contributed by atoms with Crippen LogP contribution in [0.4, 0.5) is 10.6 Å². The van der Waals surface area contributed by atoms with E-state index in [-0.39, 0.29) is 24.1 Å². The summed E-state index contributed by atoms with van der Waals surface area (Å²) in [5.74, 6) is 1.10. The molecule has 1 fully saturated rings. The normalized spacial score (nSPS) is 18.4. The maximum absolute atomic E-state index is 12.9. The number of benzene rings is 2. The lowest BCUT2D eigenvalue weighted by atomic mass is 9.93. The van der Waals surface area contributed by atoms with Crippen molar-refractivity contribution in [3.05, 3.63) is 76.3 Å². The van der Waals surface area contributed by atoms with E-state index in [0.29, 0.717) is 39.2 Å². The fraction of sp³-hybridized carbons (Fsp3) is 0.525. The first-order valence-electron chi connectivity index (χ1n) is 17.4. The molecule has 2 aromatic carbocycles. The molecule has 2 aliphatic rings. The van der Waals surface area contributed by atoms with Crippen LogP contribution >= 0.6 is 0 Å². The lowest BCUT2D eigenvalue weighted by Crippen LogP contribution is -2.49. The Balaban J connectivity index is 1.31. The van der Waals surface area contributed by atoms with Crippen molar-refractivity contribution in [1.82, 2.24) is 9.88 Å². The van der Waals surface area contributed by atoms with Gasteiger partial charge in [0.05, 0.1) is 17.7 Å². The number of methoxy groups -OCH3 is 1. The highest BCUT2D eigenvalue weighted by Gasteiger charge is 2.37. The Morgan fingerprint density at radius 2 is 1.59 bits per heavy atom. The van der Waals surface area contributed by atoms with E-state index in [1.54, 1.807) is 7.11 Å². The fourth-order valence-corrected chi connectivity index (χ4v) is 6.68. The van der Waals surface area contributed by atoms with Crippen molar-refractivity contribution < 1.29 is 28.5 Å². The van der Waals surface area contributed by atoms with E-state index in [2.05, 4.69) is 43.0 Å². The predicted octanol–water partition coefficient (Wildman–Crippen LogP) is 7.46. The van der Waals surface area contributed by atoms with Crippen LogP contribution in [0.3, 0.4) is 0 Å². The molecule has 1 saturated heterocycles. The van der Waals surface area contributed by atoms with Gasteiger partial charge < -0.3 is 28.7 Å². The fourth-order valence-electron chi connectivity index (χ4n) is 6.68. The van der Waals surface area contributed by atoms with Gasteiger partial charge in [-0.25, -0.2) is 9.78 Å². The van der Waals surface area contributed by atoms with E-state index in [4.69, 9.17) is 23.9 Å². The molecular formula is C40H53N3O6. The van der Waals surface area contributed by atoms with Crippen LogP contribution in [0, 0.1) is 19.8 Å². The number of piperidine rings is 1. The predicted molar refractivity (Wildman–Crippen MR) is 192 cm³/mol. The zero-order valence-corrected chi connectivity index (χ0v) is 30.7. The van der Waals surface area contributed by atoms with Gasteiger partial charge in [0.2, 0.25) is 0 Å². The first kappa shape index (κ1) is 36.2. The lowest BCUT2D eigenvalue weighted by Gasteiger charge is -2.38. The molecule has 3 heterocycles. The molecule has 0 unspecified atom stereocenters. The molecule has 3 aromatic rings. The third-order valence-corrected chi connectivity index (χ3v) is 9.23. The van der Waals surface area contributed by atoms with Gasteiger partial charge in [-0.2, -0.15) is 0 Å². The topological polar surface area (TPSA) is 90.4 Å². The first-order valence-corrected chi connectivity index (χ1v) is 17.4. The van der Waals surface area contributed by atoms with E-state index < -0.39 is 11.2 Å². The highest BCUT2D eigenvalue weighted by atomic mass is 16.6. The van der Waals surface area contributed by atoms with Gasteiger partial charge in [-0.3, -0.25) is 4.79 Å². The minimum absolute atomic E-state index is 0.213. The van der Waals surface area contributed by atoms with Gasteiger partial charge in [0, 0.05) is 38.9 Å². The second-order valence-electron chi connectivity index (χ2n) is 15.2. The highest BCUT2D eigenvalue weighted by molar-refractivity contribution is 5.74. The maximum atomic E-state index is 12.9. The molecule has 0 aliphatic carbocycles. The number of hydrogen-bond acceptors (Lipinski definition) is 8. The quantitative estimate of drug-likeness (QED) is 0.239. The van der Waals surface area contributed by atoms with Crippen LogP contribution in [0.2, 0.25) is 0 Å². The molecule has 0 radical (unpaired) electrons. The average Bonchev–Trinajstić information content (AvgIpc) is 3.26. The number of ether oxygens (including phenoxy) is 4. The van der Waals surface area contributed by atoms with Gasteiger partial charge in [0.1, 0.15) is 29.4 Å². The summed E-state index contributed by atoms with van der Waals surface area (Å²) in [5, 5.41) is 0. The van der Waals surface area contributed by atoms with E-state index in [0.717, 1.165) is 46.8 Å². The van der Waals surface area contributed by atoms with Crippen LogP contribution < -0.4 is 9.64 Å². The summed E-state index contributed by atoms with van der Waals surface area (Å²) < 4.78 is 23.7. The number of fused-ring (bicyclic) bond motifs is 1. The Kier molecular flexibility index (Phi) is 10.9. The lowest BCUT2D eigenvalue weighted by molar-refractivity contribution is -0.165. The van der Waals surface area contributed by atoms with Crippen LogP contribution in [0.1, 0.15) is 75.8 Å². The molecule has 0 bridgehead atoms. The Hall–Kier alpha value is -4.11. The summed E-state index contributed by atoms with van der Waals surface area (Å²) in [4.78, 5) is 34.8. The number of esters is 1. The minimum Gasteiger partial charge on any atom is -0.488 e. The molecule has 5 rings (SSSR count). The number of rotatable bonds is 7. The Labute approximate surface area is 291 Å². The van der Waals surface area contributed by atoms with Gasteiger partial charge in [-0.15, -0.1) is 0 Å². The number of carbonyl (C=O) groups is 2. The SMILES string of the molecule is CO[C@@H]1CN(c2cccc(-c3cccc(C)c3OCc3ccc4c(c3C)CCN(C(=O)OC(C)(C)C)CC4)n2)CC[C@H]1C(=O)OC(C)(C)C. The van der Waals surface area contributed by atoms with E-state index >= 15 is 0 Å². The van der Waals surface area contributed by atoms with Crippen LogP contribution in [0.25, 0.3) is 11.3 Å². The smallest absolute Gasteiger partial charge is 0.410 e. The molecule has 1 aromatic heterocycles. The molecule has 264 valence electrons. The molecule has 49 heavy (non-hydrogen) atoms. The maximum Gasteiger partial charge on any atom is 0.410 e. The number of aryl methyl sites for hydroxylation is 1. The van der Waals surface area contributed by atoms with Crippen molar-refractivity contribution in [2.45, 2.75) is 98.6 Å². The molecule has 9 nitrogen and oxygen atoms in total. The van der Waals surface area contributed by atoms with E-state index in [1.807, 2.05) is 70.7 Å². The molecule has 0 spiro atoms. The van der Waals surface area contributed by atoms with Gasteiger partial charge in [0.15, 0.2) is 0 Å². The molecule has 0 saturated carbocycles. The number of aromatic nitrogens is 1. The number of para-hydroxylation sites is 1. The van der Waals surface area contributed by atoms with Crippen LogP contribution in [0.5, 0.6) is 5.75 Å². The van der Waals surface area contributed by atoms with E-state index in [1.165, 1.54) is 16.7 Å². The third-order valence-electron chi connectivity index (χ3n) is 9.23. The Morgan fingerprint density at radius 3 is 2.31 bits per heavy atom. The second-order valence-corrected chi connectivity index (χ2v) is 15.2. The molecule has 1 amide bonds. The van der Waals surface area contributed by atoms with Crippen molar-refractivity contribution in [2.24, 2.45) is 5.92 Å². The molecule has 2 atom stereocenters. The summed E-state index contributed by atoms with van der Waals surface area (Å²) in [6.07, 6.45) is 1.65. The van der Waals surface area contributed by atoms with Crippen molar-refractivity contribution >= 4 is 17.9 Å². The number of nitrogens with zero attached hydrogens (tertiary/aromatic N) is 3. The second kappa shape index (κ2) is 14.8. The monoisotopic (exact) mass is 671 g/mol. The van der Waals surface area contributed by atoms with Crippen molar-refractivity contribution in [1.29, 1.82) is 0 Å². The first-order chi connectivity index (χ1) is 23.1. The average molecular weight is 672 g/mol. The summed E-state index contributed by atoms with van der Waals surface area (Å²) >= 11 is 0. The summed E-state index contributed by atoms with van der Waals surface area (Å²) in [6.45, 7) is 18.5. The van der Waals surface area contributed by atoms with Crippen molar-refractivity contribution in [2.75, 3.05) is 38.2 Å². The van der Waals surface area contributed by atoms with Crippen LogP contribution in [-0.4, -0.2) is 72.5 Å². The van der Waals surface area contributed by atoms with Crippen LogP contribution in [-0.2, 0) is 38.5 Å². The van der Waals surface area contributed by atoms with Gasteiger partial charge in [0.25, 0.3) is 0 Å². The number of amides is 1. The minimum atomic E-state index is -0.543. The van der Waals surface area contributed by atoms with E-state index in [9.17, 15) is 9.59 Å². The zero-order valence-electron chi connectivity index (χ0n) is 30.7. The Bertz CT molecular complexity index is 1660. The zero-order chi connectivity index (χ0) is 35.5. The summed E-state index contributed by atoms with van der Waals surface area (Å²) in [7, 11) is 1.65. The van der Waals surface area contributed by atoms with Crippen LogP contribution in [0.15, 0.2) is 48.5 Å². The van der Waals surface area contributed by atoms with Gasteiger partial charge in [-0.1, -0.05) is 30.3 Å². The highest BCUT2D eigenvalue weighted by Crippen LogP contribution is 2.35. The number of hydrogen-bond donors (Lipinski definition) is 0.